The predicted molar refractivity (Wildman–Crippen MR) is 84.7 cm³/mol. The van der Waals surface area contributed by atoms with E-state index in [9.17, 15) is 0 Å². The molecule has 1 spiro atoms. The van der Waals surface area contributed by atoms with Crippen molar-refractivity contribution < 1.29 is 9.47 Å². The number of hydrogen-bond acceptors (Lipinski definition) is 4. The molecule has 0 bridgehead atoms. The molecule has 3 aliphatic rings. The van der Waals surface area contributed by atoms with Gasteiger partial charge in [0.15, 0.2) is 0 Å². The molecule has 2 aliphatic heterocycles. The zero-order valence-corrected chi connectivity index (χ0v) is 13.4. The summed E-state index contributed by atoms with van der Waals surface area (Å²) in [6.07, 6.45) is 8.40. The van der Waals surface area contributed by atoms with Crippen molar-refractivity contribution in [3.05, 3.63) is 21.4 Å². The van der Waals surface area contributed by atoms with Crippen LogP contribution in [0.5, 0.6) is 0 Å². The molecule has 0 amide bonds. The molecule has 3 atom stereocenters. The van der Waals surface area contributed by atoms with E-state index in [2.05, 4.69) is 6.07 Å². The van der Waals surface area contributed by atoms with Crippen LogP contribution in [0.4, 0.5) is 0 Å². The Hall–Kier alpha value is -0.420. The van der Waals surface area contributed by atoms with Gasteiger partial charge < -0.3 is 15.2 Å². The monoisotopic (exact) mass is 307 g/mol. The molecule has 0 aromatic carbocycles. The quantitative estimate of drug-likeness (QED) is 0.912. The topological polar surface area (TPSA) is 44.5 Å². The lowest BCUT2D eigenvalue weighted by atomic mass is 9.81. The van der Waals surface area contributed by atoms with E-state index in [1.54, 1.807) is 10.4 Å². The molecule has 21 heavy (non-hydrogen) atoms. The SMILES string of the molecule is NC(c1cc2c(s1)CCCC2)C1CCOC2(CCOC2)C1. The van der Waals surface area contributed by atoms with Gasteiger partial charge >= 0.3 is 0 Å². The molecule has 3 unspecified atom stereocenters. The van der Waals surface area contributed by atoms with E-state index < -0.39 is 0 Å². The number of nitrogens with two attached hydrogens (primary N) is 1. The molecule has 1 aromatic rings. The molecule has 1 aromatic heterocycles. The molecule has 3 nitrogen and oxygen atoms in total. The van der Waals surface area contributed by atoms with Crippen LogP contribution in [0.2, 0.25) is 0 Å². The van der Waals surface area contributed by atoms with Gasteiger partial charge in [-0.1, -0.05) is 0 Å². The molecule has 3 heterocycles. The summed E-state index contributed by atoms with van der Waals surface area (Å²) in [5, 5.41) is 0. The third-order valence-electron chi connectivity index (χ3n) is 5.45. The van der Waals surface area contributed by atoms with Crippen LogP contribution in [0.1, 0.15) is 53.5 Å². The van der Waals surface area contributed by atoms with Gasteiger partial charge in [-0.25, -0.2) is 0 Å². The van der Waals surface area contributed by atoms with Crippen LogP contribution < -0.4 is 5.73 Å². The molecule has 116 valence electrons. The standard InChI is InChI=1S/C17H25NO2S/c18-16(15-9-12-3-1-2-4-14(12)21-15)13-5-7-20-17(10-13)6-8-19-11-17/h9,13,16H,1-8,10-11,18H2. The number of ether oxygens (including phenoxy) is 2. The zero-order valence-electron chi connectivity index (χ0n) is 12.6. The lowest BCUT2D eigenvalue weighted by Gasteiger charge is -2.39. The number of thiophene rings is 1. The molecule has 0 radical (unpaired) electrons. The second-order valence-electron chi connectivity index (χ2n) is 6.92. The highest BCUT2D eigenvalue weighted by Gasteiger charge is 2.42. The van der Waals surface area contributed by atoms with Crippen LogP contribution in [0.25, 0.3) is 0 Å². The van der Waals surface area contributed by atoms with Crippen LogP contribution in [-0.2, 0) is 22.3 Å². The van der Waals surface area contributed by atoms with E-state index in [-0.39, 0.29) is 11.6 Å². The van der Waals surface area contributed by atoms with Gasteiger partial charge in [0.2, 0.25) is 0 Å². The Balaban J connectivity index is 1.51. The fourth-order valence-corrected chi connectivity index (χ4v) is 5.50. The maximum atomic E-state index is 6.65. The first-order valence-corrected chi connectivity index (χ1v) is 9.16. The minimum atomic E-state index is -0.0303. The summed E-state index contributed by atoms with van der Waals surface area (Å²) < 4.78 is 11.6. The predicted octanol–water partition coefficient (Wildman–Crippen LogP) is 3.21. The Morgan fingerprint density at radius 3 is 3.00 bits per heavy atom. The molecule has 2 saturated heterocycles. The second-order valence-corrected chi connectivity index (χ2v) is 8.09. The summed E-state index contributed by atoms with van der Waals surface area (Å²) in [6.45, 7) is 2.44. The van der Waals surface area contributed by atoms with Gasteiger partial charge in [-0.15, -0.1) is 11.3 Å². The van der Waals surface area contributed by atoms with Gasteiger partial charge in [-0.05, 0) is 56.1 Å². The van der Waals surface area contributed by atoms with Crippen molar-refractivity contribution in [1.29, 1.82) is 0 Å². The summed E-state index contributed by atoms with van der Waals surface area (Å²) in [5.74, 6) is 0.542. The lowest BCUT2D eigenvalue weighted by molar-refractivity contribution is -0.101. The minimum absolute atomic E-state index is 0.0303. The average molecular weight is 307 g/mol. The second kappa shape index (κ2) is 5.65. The van der Waals surface area contributed by atoms with E-state index in [0.717, 1.165) is 39.1 Å². The van der Waals surface area contributed by atoms with Crippen LogP contribution in [-0.4, -0.2) is 25.4 Å². The molecule has 2 fully saturated rings. The Morgan fingerprint density at radius 2 is 2.19 bits per heavy atom. The Morgan fingerprint density at radius 1 is 1.29 bits per heavy atom. The highest BCUT2D eigenvalue weighted by molar-refractivity contribution is 7.12. The van der Waals surface area contributed by atoms with Crippen molar-refractivity contribution in [2.75, 3.05) is 19.8 Å². The van der Waals surface area contributed by atoms with Crippen LogP contribution in [0, 0.1) is 5.92 Å². The van der Waals surface area contributed by atoms with Gasteiger partial charge in [0.1, 0.15) is 0 Å². The number of aryl methyl sites for hydroxylation is 2. The first-order chi connectivity index (χ1) is 10.3. The fraction of sp³-hybridized carbons (Fsp3) is 0.765. The van der Waals surface area contributed by atoms with Crippen LogP contribution in [0.3, 0.4) is 0 Å². The molecule has 2 N–H and O–H groups in total. The molecule has 4 heteroatoms. The summed E-state index contributed by atoms with van der Waals surface area (Å²) in [7, 11) is 0. The van der Waals surface area contributed by atoms with Crippen molar-refractivity contribution >= 4 is 11.3 Å². The largest absolute Gasteiger partial charge is 0.378 e. The van der Waals surface area contributed by atoms with E-state index in [1.165, 1.54) is 30.6 Å². The van der Waals surface area contributed by atoms with Gasteiger partial charge in [0, 0.05) is 35.4 Å². The van der Waals surface area contributed by atoms with Crippen molar-refractivity contribution in [2.24, 2.45) is 11.7 Å². The summed E-state index contributed by atoms with van der Waals surface area (Å²) in [4.78, 5) is 3.00. The molecular weight excluding hydrogens is 282 g/mol. The number of rotatable bonds is 2. The van der Waals surface area contributed by atoms with E-state index in [1.807, 2.05) is 11.3 Å². The highest BCUT2D eigenvalue weighted by Crippen LogP contribution is 2.42. The van der Waals surface area contributed by atoms with Crippen molar-refractivity contribution in [2.45, 2.75) is 56.6 Å². The van der Waals surface area contributed by atoms with Crippen molar-refractivity contribution in [3.8, 4) is 0 Å². The van der Waals surface area contributed by atoms with Crippen molar-refractivity contribution in [1.82, 2.24) is 0 Å². The van der Waals surface area contributed by atoms with Gasteiger partial charge in [-0.2, -0.15) is 0 Å². The van der Waals surface area contributed by atoms with Gasteiger partial charge in [0.05, 0.1) is 12.2 Å². The maximum absolute atomic E-state index is 6.65. The Kier molecular flexibility index (Phi) is 3.82. The lowest BCUT2D eigenvalue weighted by Crippen LogP contribution is -2.43. The first-order valence-electron chi connectivity index (χ1n) is 8.35. The maximum Gasteiger partial charge on any atom is 0.0940 e. The number of fused-ring (bicyclic) bond motifs is 1. The Labute approximate surface area is 130 Å². The van der Waals surface area contributed by atoms with E-state index in [4.69, 9.17) is 15.2 Å². The third-order valence-corrected chi connectivity index (χ3v) is 6.79. The normalized spacial score (nSPS) is 34.0. The first kappa shape index (κ1) is 14.2. The summed E-state index contributed by atoms with van der Waals surface area (Å²) in [5.41, 5.74) is 8.19. The van der Waals surface area contributed by atoms with E-state index in [0.29, 0.717) is 5.92 Å². The van der Waals surface area contributed by atoms with E-state index >= 15 is 0 Å². The van der Waals surface area contributed by atoms with Crippen LogP contribution in [0.15, 0.2) is 6.07 Å². The molecule has 0 saturated carbocycles. The third kappa shape index (κ3) is 2.67. The van der Waals surface area contributed by atoms with Gasteiger partial charge in [-0.3, -0.25) is 0 Å². The summed E-state index contributed by atoms with van der Waals surface area (Å²) in [6, 6.07) is 2.58. The average Bonchev–Trinajstić information content (AvgIpc) is 3.13. The minimum Gasteiger partial charge on any atom is -0.378 e. The molecule has 4 rings (SSSR count). The van der Waals surface area contributed by atoms with Gasteiger partial charge in [0.25, 0.3) is 0 Å². The fourth-order valence-electron chi connectivity index (χ4n) is 4.15. The zero-order chi connectivity index (χ0) is 14.3. The number of hydrogen-bond donors (Lipinski definition) is 1. The molecule has 1 aliphatic carbocycles. The summed E-state index contributed by atoms with van der Waals surface area (Å²) >= 11 is 1.97. The van der Waals surface area contributed by atoms with Crippen molar-refractivity contribution in [3.63, 3.8) is 0 Å². The smallest absolute Gasteiger partial charge is 0.0940 e. The van der Waals surface area contributed by atoms with Crippen LogP contribution >= 0.6 is 11.3 Å². The highest BCUT2D eigenvalue weighted by atomic mass is 32.1. The molecular formula is C17H25NO2S. The Bertz CT molecular complexity index is 483.